The topological polar surface area (TPSA) is 49.6 Å². The van der Waals surface area contributed by atoms with Crippen LogP contribution in [0, 0.1) is 0 Å². The van der Waals surface area contributed by atoms with E-state index >= 15 is 0 Å². The minimum Gasteiger partial charge on any atom is -0.357 e. The Hall–Kier alpha value is -1.07. The summed E-state index contributed by atoms with van der Waals surface area (Å²) in [4.78, 5) is 15.8. The molecule has 0 bridgehead atoms. The van der Waals surface area contributed by atoms with Crippen molar-refractivity contribution >= 4 is 27.5 Å². The van der Waals surface area contributed by atoms with E-state index in [4.69, 9.17) is 5.73 Å². The summed E-state index contributed by atoms with van der Waals surface area (Å²) in [7, 11) is 1.82. The molecule has 2 rings (SSSR count). The number of halogens is 1. The molecule has 1 aliphatic heterocycles. The molecule has 0 aliphatic carbocycles. The average Bonchev–Trinajstić information content (AvgIpc) is 2.34. The minimum absolute atomic E-state index is 0.0988. The largest absolute Gasteiger partial charge is 0.357 e. The number of rotatable bonds is 2. The summed E-state index contributed by atoms with van der Waals surface area (Å²) in [5.41, 5.74) is 6.76. The molecule has 1 aliphatic rings. The third-order valence-electron chi connectivity index (χ3n) is 3.10. The maximum Gasteiger partial charge on any atom is 0.246 e. The van der Waals surface area contributed by atoms with Gasteiger partial charge in [-0.05, 0) is 24.3 Å². The quantitative estimate of drug-likeness (QED) is 0.888. The van der Waals surface area contributed by atoms with Gasteiger partial charge >= 0.3 is 0 Å². The molecule has 1 aromatic rings. The van der Waals surface area contributed by atoms with Crippen LogP contribution in [0.3, 0.4) is 0 Å². The van der Waals surface area contributed by atoms with E-state index in [1.54, 1.807) is 4.90 Å². The molecular weight excluding hydrogens is 282 g/mol. The third kappa shape index (κ3) is 2.45. The van der Waals surface area contributed by atoms with Crippen molar-refractivity contribution in [2.45, 2.75) is 6.04 Å². The van der Waals surface area contributed by atoms with Gasteiger partial charge in [0.25, 0.3) is 0 Å². The molecule has 4 nitrogen and oxygen atoms in total. The third-order valence-corrected chi connectivity index (χ3v) is 3.62. The Morgan fingerprint density at radius 1 is 1.35 bits per heavy atom. The van der Waals surface area contributed by atoms with E-state index < -0.39 is 0 Å². The number of carbonyl (C=O) groups excluding carboxylic acids is 1. The normalized spacial score (nSPS) is 20.9. The van der Waals surface area contributed by atoms with Gasteiger partial charge in [0.05, 0.1) is 0 Å². The van der Waals surface area contributed by atoms with Crippen molar-refractivity contribution in [3.63, 3.8) is 0 Å². The van der Waals surface area contributed by atoms with Gasteiger partial charge in [-0.1, -0.05) is 15.9 Å². The number of nitrogens with zero attached hydrogens (tertiary/aromatic N) is 2. The molecule has 1 unspecified atom stereocenters. The van der Waals surface area contributed by atoms with E-state index in [1.807, 2.05) is 31.3 Å². The molecule has 0 radical (unpaired) electrons. The number of hydrogen-bond donors (Lipinski definition) is 1. The first-order chi connectivity index (χ1) is 8.13. The van der Waals surface area contributed by atoms with Crippen LogP contribution < -0.4 is 10.6 Å². The van der Waals surface area contributed by atoms with Crippen LogP contribution in [0.2, 0.25) is 0 Å². The van der Waals surface area contributed by atoms with Crippen LogP contribution in [-0.4, -0.2) is 43.5 Å². The van der Waals surface area contributed by atoms with Crippen LogP contribution in [0.4, 0.5) is 5.69 Å². The number of piperazine rings is 1. The molecule has 17 heavy (non-hydrogen) atoms. The molecule has 1 fully saturated rings. The molecule has 1 atom stereocenters. The van der Waals surface area contributed by atoms with Gasteiger partial charge in [0.1, 0.15) is 6.04 Å². The van der Waals surface area contributed by atoms with Crippen molar-refractivity contribution in [3.05, 3.63) is 28.7 Å². The molecule has 1 heterocycles. The lowest BCUT2D eigenvalue weighted by Crippen LogP contribution is -2.58. The summed E-state index contributed by atoms with van der Waals surface area (Å²) in [6.07, 6.45) is 0. The summed E-state index contributed by atoms with van der Waals surface area (Å²) < 4.78 is 1.03. The van der Waals surface area contributed by atoms with Gasteiger partial charge in [-0.25, -0.2) is 0 Å². The van der Waals surface area contributed by atoms with Crippen molar-refractivity contribution in [2.24, 2.45) is 5.73 Å². The highest BCUT2D eigenvalue weighted by Gasteiger charge is 2.31. The van der Waals surface area contributed by atoms with Crippen molar-refractivity contribution < 1.29 is 4.79 Å². The van der Waals surface area contributed by atoms with Gasteiger partial charge in [-0.3, -0.25) is 4.79 Å². The van der Waals surface area contributed by atoms with E-state index in [2.05, 4.69) is 20.8 Å². The van der Waals surface area contributed by atoms with Gasteiger partial charge < -0.3 is 15.5 Å². The Bertz CT molecular complexity index is 407. The lowest BCUT2D eigenvalue weighted by Gasteiger charge is -2.40. The van der Waals surface area contributed by atoms with Crippen molar-refractivity contribution in [2.75, 3.05) is 31.6 Å². The van der Waals surface area contributed by atoms with Crippen LogP contribution in [0.25, 0.3) is 0 Å². The first-order valence-electron chi connectivity index (χ1n) is 5.60. The fraction of sp³-hybridized carbons (Fsp3) is 0.417. The smallest absolute Gasteiger partial charge is 0.246 e. The van der Waals surface area contributed by atoms with E-state index in [-0.39, 0.29) is 11.9 Å². The Balaban J connectivity index is 2.25. The second kappa shape index (κ2) is 5.06. The number of nitrogens with two attached hydrogens (primary N) is 1. The molecule has 0 spiro atoms. The number of likely N-dealkylation sites (N-methyl/N-ethyl adjacent to an activating group) is 1. The number of amides is 1. The number of anilines is 1. The van der Waals surface area contributed by atoms with Crippen LogP contribution in [0.5, 0.6) is 0 Å². The first-order valence-corrected chi connectivity index (χ1v) is 6.40. The van der Waals surface area contributed by atoms with Crippen LogP contribution in [0.15, 0.2) is 28.7 Å². The fourth-order valence-corrected chi connectivity index (χ4v) is 2.35. The van der Waals surface area contributed by atoms with Crippen molar-refractivity contribution in [3.8, 4) is 0 Å². The first kappa shape index (κ1) is 12.4. The molecule has 92 valence electrons. The van der Waals surface area contributed by atoms with Crippen molar-refractivity contribution in [1.82, 2.24) is 4.90 Å². The Morgan fingerprint density at radius 2 is 2.00 bits per heavy atom. The molecule has 1 saturated heterocycles. The second-order valence-electron chi connectivity index (χ2n) is 4.18. The Labute approximate surface area is 110 Å². The van der Waals surface area contributed by atoms with Gasteiger partial charge in [0.15, 0.2) is 0 Å². The van der Waals surface area contributed by atoms with E-state index in [0.29, 0.717) is 6.54 Å². The maximum atomic E-state index is 12.0. The maximum absolute atomic E-state index is 12.0. The zero-order chi connectivity index (χ0) is 12.4. The standard InChI is InChI=1S/C12H16BrN3O/c1-15-6-7-16(11(8-14)12(15)17)10-4-2-9(13)3-5-10/h2-5,11H,6-8,14H2,1H3. The summed E-state index contributed by atoms with van der Waals surface area (Å²) >= 11 is 3.40. The minimum atomic E-state index is -0.241. The molecule has 1 aromatic carbocycles. The zero-order valence-corrected chi connectivity index (χ0v) is 11.4. The van der Waals surface area contributed by atoms with Crippen LogP contribution >= 0.6 is 15.9 Å². The summed E-state index contributed by atoms with van der Waals surface area (Å²) in [6.45, 7) is 1.91. The van der Waals surface area contributed by atoms with Gasteiger partial charge in [0.2, 0.25) is 5.91 Å². The second-order valence-corrected chi connectivity index (χ2v) is 5.10. The van der Waals surface area contributed by atoms with Crippen molar-refractivity contribution in [1.29, 1.82) is 0 Å². The fourth-order valence-electron chi connectivity index (χ4n) is 2.08. The number of carbonyl (C=O) groups is 1. The predicted octanol–water partition coefficient (Wildman–Crippen LogP) is 1.05. The average molecular weight is 298 g/mol. The van der Waals surface area contributed by atoms with Crippen LogP contribution in [-0.2, 0) is 4.79 Å². The SMILES string of the molecule is CN1CCN(c2ccc(Br)cc2)C(CN)C1=O. The molecule has 0 saturated carbocycles. The number of benzene rings is 1. The molecule has 1 amide bonds. The Morgan fingerprint density at radius 3 is 2.59 bits per heavy atom. The highest BCUT2D eigenvalue weighted by atomic mass is 79.9. The van der Waals surface area contributed by atoms with Gasteiger partial charge in [-0.15, -0.1) is 0 Å². The highest BCUT2D eigenvalue weighted by Crippen LogP contribution is 2.22. The molecule has 2 N–H and O–H groups in total. The summed E-state index contributed by atoms with van der Waals surface area (Å²) in [6, 6.07) is 7.73. The molecular formula is C12H16BrN3O. The predicted molar refractivity (Wildman–Crippen MR) is 72.0 cm³/mol. The van der Waals surface area contributed by atoms with E-state index in [9.17, 15) is 4.79 Å². The van der Waals surface area contributed by atoms with Crippen LogP contribution in [0.1, 0.15) is 0 Å². The van der Waals surface area contributed by atoms with Gasteiger partial charge in [0, 0.05) is 36.8 Å². The Kier molecular flexibility index (Phi) is 3.69. The monoisotopic (exact) mass is 297 g/mol. The van der Waals surface area contributed by atoms with E-state index in [0.717, 1.165) is 23.2 Å². The highest BCUT2D eigenvalue weighted by molar-refractivity contribution is 9.10. The zero-order valence-electron chi connectivity index (χ0n) is 9.77. The van der Waals surface area contributed by atoms with E-state index in [1.165, 1.54) is 0 Å². The molecule has 5 heteroatoms. The van der Waals surface area contributed by atoms with Gasteiger partial charge in [-0.2, -0.15) is 0 Å². The summed E-state index contributed by atoms with van der Waals surface area (Å²) in [5, 5.41) is 0. The summed E-state index contributed by atoms with van der Waals surface area (Å²) in [5.74, 6) is 0.0988. The lowest BCUT2D eigenvalue weighted by molar-refractivity contribution is -0.132. The number of hydrogen-bond acceptors (Lipinski definition) is 3. The lowest BCUT2D eigenvalue weighted by atomic mass is 10.1. The molecule has 0 aromatic heterocycles.